The van der Waals surface area contributed by atoms with E-state index in [0.717, 1.165) is 4.47 Å². The van der Waals surface area contributed by atoms with Gasteiger partial charge in [-0.05, 0) is 45.0 Å². The number of carbonyl (C=O) groups is 1. The highest BCUT2D eigenvalue weighted by atomic mass is 79.9. The van der Waals surface area contributed by atoms with Crippen molar-refractivity contribution in [2.24, 2.45) is 0 Å². The highest BCUT2D eigenvalue weighted by Gasteiger charge is 2.18. The van der Waals surface area contributed by atoms with E-state index in [4.69, 9.17) is 4.74 Å². The Bertz CT molecular complexity index is 420. The van der Waals surface area contributed by atoms with Crippen molar-refractivity contribution in [3.63, 3.8) is 0 Å². The third-order valence-corrected chi connectivity index (χ3v) is 3.57. The van der Waals surface area contributed by atoms with E-state index in [1.165, 1.54) is 0 Å². The summed E-state index contributed by atoms with van der Waals surface area (Å²) in [5, 5.41) is 0. The van der Waals surface area contributed by atoms with Crippen LogP contribution in [-0.2, 0) is 20.3 Å². The molecule has 0 fully saturated rings. The average molecular weight is 319 g/mol. The smallest absolute Gasteiger partial charge is 0.319 e. The second-order valence-corrected chi connectivity index (χ2v) is 6.90. The van der Waals surface area contributed by atoms with Crippen LogP contribution in [0.4, 0.5) is 0 Å². The van der Waals surface area contributed by atoms with Gasteiger partial charge in [-0.1, -0.05) is 15.9 Å². The Morgan fingerprint density at radius 2 is 1.82 bits per heavy atom. The van der Waals surface area contributed by atoms with Gasteiger partial charge in [0.1, 0.15) is 11.4 Å². The Morgan fingerprint density at radius 3 is 2.29 bits per heavy atom. The molecule has 0 aliphatic rings. The standard InChI is InChI=1S/C12H15BrO3S/c1-12(2,3)16-11(14)8-17(15)10-6-4-9(13)5-7-10/h4-7H,8H2,1-3H3/t17-/m0/s1. The maximum Gasteiger partial charge on any atom is 0.319 e. The van der Waals surface area contributed by atoms with Crippen LogP contribution >= 0.6 is 15.9 Å². The molecule has 5 heteroatoms. The van der Waals surface area contributed by atoms with E-state index < -0.39 is 22.4 Å². The fourth-order valence-electron chi connectivity index (χ4n) is 1.15. The highest BCUT2D eigenvalue weighted by molar-refractivity contribution is 9.10. The van der Waals surface area contributed by atoms with Crippen molar-refractivity contribution < 1.29 is 13.7 Å². The first kappa shape index (κ1) is 14.4. The maximum absolute atomic E-state index is 11.8. The van der Waals surface area contributed by atoms with Crippen molar-refractivity contribution in [2.45, 2.75) is 31.3 Å². The molecule has 0 unspecified atom stereocenters. The van der Waals surface area contributed by atoms with E-state index >= 15 is 0 Å². The summed E-state index contributed by atoms with van der Waals surface area (Å²) in [4.78, 5) is 12.1. The van der Waals surface area contributed by atoms with Crippen molar-refractivity contribution in [3.8, 4) is 0 Å². The number of halogens is 1. The molecule has 94 valence electrons. The zero-order chi connectivity index (χ0) is 13.1. The molecule has 0 N–H and O–H groups in total. The van der Waals surface area contributed by atoms with E-state index in [1.807, 2.05) is 0 Å². The van der Waals surface area contributed by atoms with Crippen LogP contribution in [0.15, 0.2) is 33.6 Å². The summed E-state index contributed by atoms with van der Waals surface area (Å²) < 4.78 is 17.9. The van der Waals surface area contributed by atoms with E-state index in [9.17, 15) is 9.00 Å². The lowest BCUT2D eigenvalue weighted by atomic mass is 10.2. The first-order valence-corrected chi connectivity index (χ1v) is 7.25. The van der Waals surface area contributed by atoms with E-state index in [2.05, 4.69) is 15.9 Å². The molecule has 17 heavy (non-hydrogen) atoms. The molecule has 0 aliphatic heterocycles. The minimum absolute atomic E-state index is 0.112. The van der Waals surface area contributed by atoms with Crippen LogP contribution in [0.2, 0.25) is 0 Å². The Morgan fingerprint density at radius 1 is 1.29 bits per heavy atom. The molecule has 0 aromatic heterocycles. The van der Waals surface area contributed by atoms with Gasteiger partial charge in [0.2, 0.25) is 0 Å². The van der Waals surface area contributed by atoms with Crippen molar-refractivity contribution in [2.75, 3.05) is 5.75 Å². The molecule has 1 aromatic rings. The lowest BCUT2D eigenvalue weighted by Gasteiger charge is -2.19. The Labute approximate surface area is 112 Å². The largest absolute Gasteiger partial charge is 0.459 e. The van der Waals surface area contributed by atoms with Crippen LogP contribution in [0, 0.1) is 0 Å². The molecule has 1 rings (SSSR count). The third kappa shape index (κ3) is 5.46. The summed E-state index contributed by atoms with van der Waals surface area (Å²) in [6, 6.07) is 7.04. The molecule has 0 aliphatic carbocycles. The van der Waals surface area contributed by atoms with Crippen LogP contribution < -0.4 is 0 Å². The number of hydrogen-bond donors (Lipinski definition) is 0. The monoisotopic (exact) mass is 318 g/mol. The molecule has 0 spiro atoms. The minimum atomic E-state index is -1.35. The summed E-state index contributed by atoms with van der Waals surface area (Å²) in [7, 11) is -1.35. The molecule has 1 atom stereocenters. The molecule has 0 saturated heterocycles. The Balaban J connectivity index is 2.61. The van der Waals surface area contributed by atoms with Gasteiger partial charge in [0.05, 0.1) is 10.8 Å². The predicted molar refractivity (Wildman–Crippen MR) is 71.3 cm³/mol. The molecule has 0 amide bonds. The summed E-state index contributed by atoms with van der Waals surface area (Å²) in [5.41, 5.74) is -0.541. The van der Waals surface area contributed by atoms with E-state index in [-0.39, 0.29) is 5.75 Å². The first-order chi connectivity index (χ1) is 7.78. The predicted octanol–water partition coefficient (Wildman–Crippen LogP) is 2.90. The topological polar surface area (TPSA) is 43.4 Å². The van der Waals surface area contributed by atoms with Gasteiger partial charge in [-0.15, -0.1) is 0 Å². The number of ether oxygens (including phenoxy) is 1. The lowest BCUT2D eigenvalue weighted by molar-refractivity contribution is -0.151. The third-order valence-electron chi connectivity index (χ3n) is 1.75. The Hall–Kier alpha value is -0.680. The summed E-state index contributed by atoms with van der Waals surface area (Å²) >= 11 is 3.29. The van der Waals surface area contributed by atoms with Gasteiger partial charge in [-0.2, -0.15) is 0 Å². The van der Waals surface area contributed by atoms with Crippen LogP contribution in [0.3, 0.4) is 0 Å². The molecule has 3 nitrogen and oxygen atoms in total. The van der Waals surface area contributed by atoms with Crippen molar-refractivity contribution in [3.05, 3.63) is 28.7 Å². The van der Waals surface area contributed by atoms with Gasteiger partial charge >= 0.3 is 5.97 Å². The molecular weight excluding hydrogens is 304 g/mol. The van der Waals surface area contributed by atoms with Gasteiger partial charge in [0.25, 0.3) is 0 Å². The SMILES string of the molecule is CC(C)(C)OC(=O)C[S@](=O)c1ccc(Br)cc1. The number of rotatable bonds is 3. The number of hydrogen-bond acceptors (Lipinski definition) is 3. The van der Waals surface area contributed by atoms with Crippen molar-refractivity contribution in [1.29, 1.82) is 0 Å². The normalized spacial score (nSPS) is 13.2. The molecule has 1 aromatic carbocycles. The molecule has 0 saturated carbocycles. The maximum atomic E-state index is 11.8. The second kappa shape index (κ2) is 5.78. The second-order valence-electron chi connectivity index (χ2n) is 4.53. The lowest BCUT2D eigenvalue weighted by Crippen LogP contribution is -2.27. The first-order valence-electron chi connectivity index (χ1n) is 5.14. The highest BCUT2D eigenvalue weighted by Crippen LogP contribution is 2.14. The number of esters is 1. The minimum Gasteiger partial charge on any atom is -0.459 e. The molecular formula is C12H15BrO3S. The van der Waals surface area contributed by atoms with Crippen LogP contribution in [0.1, 0.15) is 20.8 Å². The van der Waals surface area contributed by atoms with Crippen LogP contribution in [0.5, 0.6) is 0 Å². The fourth-order valence-corrected chi connectivity index (χ4v) is 2.29. The van der Waals surface area contributed by atoms with Crippen LogP contribution in [-0.4, -0.2) is 21.5 Å². The molecule has 0 heterocycles. The van der Waals surface area contributed by atoms with Crippen LogP contribution in [0.25, 0.3) is 0 Å². The van der Waals surface area contributed by atoms with E-state index in [0.29, 0.717) is 4.90 Å². The number of benzene rings is 1. The fraction of sp³-hybridized carbons (Fsp3) is 0.417. The molecule has 0 radical (unpaired) electrons. The van der Waals surface area contributed by atoms with Gasteiger partial charge in [-0.25, -0.2) is 0 Å². The zero-order valence-corrected chi connectivity index (χ0v) is 12.4. The Kier molecular flexibility index (Phi) is 4.89. The zero-order valence-electron chi connectivity index (χ0n) is 10.0. The van der Waals surface area contributed by atoms with Crippen molar-refractivity contribution in [1.82, 2.24) is 0 Å². The number of carbonyl (C=O) groups excluding carboxylic acids is 1. The molecule has 0 bridgehead atoms. The van der Waals surface area contributed by atoms with Gasteiger partial charge in [0, 0.05) is 9.37 Å². The van der Waals surface area contributed by atoms with Crippen molar-refractivity contribution >= 4 is 32.7 Å². The average Bonchev–Trinajstić information content (AvgIpc) is 2.15. The summed E-state index contributed by atoms with van der Waals surface area (Å²) in [6.07, 6.45) is 0. The van der Waals surface area contributed by atoms with Gasteiger partial charge in [0.15, 0.2) is 0 Å². The summed E-state index contributed by atoms with van der Waals surface area (Å²) in [5.74, 6) is -0.558. The van der Waals surface area contributed by atoms with Gasteiger partial charge < -0.3 is 4.74 Å². The summed E-state index contributed by atoms with van der Waals surface area (Å²) in [6.45, 7) is 5.36. The quantitative estimate of drug-likeness (QED) is 0.805. The van der Waals surface area contributed by atoms with Gasteiger partial charge in [-0.3, -0.25) is 9.00 Å². The van der Waals surface area contributed by atoms with E-state index in [1.54, 1.807) is 45.0 Å².